The van der Waals surface area contributed by atoms with Crippen molar-refractivity contribution in [2.45, 2.75) is 45.1 Å². The first-order chi connectivity index (χ1) is 8.56. The van der Waals surface area contributed by atoms with Crippen LogP contribution in [0.4, 0.5) is 5.82 Å². The molecule has 0 amide bonds. The summed E-state index contributed by atoms with van der Waals surface area (Å²) < 4.78 is 1.30. The van der Waals surface area contributed by atoms with E-state index in [0.717, 1.165) is 25.7 Å². The average molecular weight is 255 g/mol. The maximum Gasteiger partial charge on any atom is 0.381 e. The van der Waals surface area contributed by atoms with Crippen molar-refractivity contribution in [3.05, 3.63) is 22.6 Å². The number of carboxylic acid groups (broad SMARTS) is 1. The van der Waals surface area contributed by atoms with Gasteiger partial charge in [0.05, 0.1) is 0 Å². The molecule has 0 aliphatic carbocycles. The Balaban J connectivity index is 2.65. The monoisotopic (exact) mass is 255 g/mol. The zero-order valence-electron chi connectivity index (χ0n) is 10.3. The van der Waals surface area contributed by atoms with E-state index in [0.29, 0.717) is 6.42 Å². The molecule has 1 heterocycles. The van der Waals surface area contributed by atoms with Gasteiger partial charge in [-0.25, -0.2) is 4.79 Å². The van der Waals surface area contributed by atoms with Crippen molar-refractivity contribution >= 4 is 11.8 Å². The van der Waals surface area contributed by atoms with Crippen LogP contribution in [0.3, 0.4) is 0 Å². The number of aliphatic carboxylic acids is 1. The van der Waals surface area contributed by atoms with E-state index in [2.05, 4.69) is 11.9 Å². The third-order valence-corrected chi connectivity index (χ3v) is 2.75. The summed E-state index contributed by atoms with van der Waals surface area (Å²) in [4.78, 5) is 24.5. The molecule has 1 aromatic rings. The molecule has 0 radical (unpaired) electrons. The van der Waals surface area contributed by atoms with Gasteiger partial charge in [-0.05, 0) is 16.3 Å². The molecular weight excluding hydrogens is 238 g/mol. The first kappa shape index (κ1) is 14.1. The topological polar surface area (TPSA) is 98.3 Å². The molecule has 1 atom stereocenters. The van der Waals surface area contributed by atoms with Crippen LogP contribution in [0.2, 0.25) is 0 Å². The summed E-state index contributed by atoms with van der Waals surface area (Å²) in [6.07, 6.45) is 6.73. The Morgan fingerprint density at radius 2 is 2.28 bits per heavy atom. The maximum absolute atomic E-state index is 11.1. The summed E-state index contributed by atoms with van der Waals surface area (Å²) in [5, 5.41) is 19.6. The van der Waals surface area contributed by atoms with E-state index in [-0.39, 0.29) is 5.82 Å². The molecule has 1 rings (SSSR count). The highest BCUT2D eigenvalue weighted by atomic mass is 16.6. The van der Waals surface area contributed by atoms with Gasteiger partial charge in [-0.3, -0.25) is 4.57 Å². The van der Waals surface area contributed by atoms with Crippen molar-refractivity contribution in [2.75, 3.05) is 0 Å². The maximum atomic E-state index is 11.1. The van der Waals surface area contributed by atoms with Gasteiger partial charge >= 0.3 is 11.8 Å². The molecular formula is C11H17N3O4. The molecule has 100 valence electrons. The van der Waals surface area contributed by atoms with Crippen LogP contribution in [0.5, 0.6) is 0 Å². The Kier molecular flexibility index (Phi) is 5.29. The van der Waals surface area contributed by atoms with E-state index in [1.807, 2.05) is 0 Å². The van der Waals surface area contributed by atoms with Crippen molar-refractivity contribution in [1.82, 2.24) is 9.55 Å². The Morgan fingerprint density at radius 1 is 1.56 bits per heavy atom. The number of nitro groups is 1. The van der Waals surface area contributed by atoms with Crippen LogP contribution in [-0.2, 0) is 4.79 Å². The fourth-order valence-corrected chi connectivity index (χ4v) is 1.76. The van der Waals surface area contributed by atoms with Gasteiger partial charge in [0.25, 0.3) is 0 Å². The summed E-state index contributed by atoms with van der Waals surface area (Å²) in [6.45, 7) is 2.08. The Hall–Kier alpha value is -1.92. The molecule has 1 aromatic heterocycles. The SMILES string of the molecule is CCCCCC[C@H](C(=O)O)n1cnc([N+](=O)[O-])c1. The standard InChI is InChI=1S/C11H17N3O4/c1-2-3-4-5-6-9(11(15)16)13-7-10(12-8-13)14(17)18/h7-9H,2-6H2,1H3,(H,15,16)/t9-/m1/s1. The highest BCUT2D eigenvalue weighted by Crippen LogP contribution is 2.19. The van der Waals surface area contributed by atoms with Gasteiger partial charge in [0.1, 0.15) is 12.2 Å². The molecule has 0 unspecified atom stereocenters. The summed E-state index contributed by atoms with van der Waals surface area (Å²) in [5.74, 6) is -1.31. The van der Waals surface area contributed by atoms with E-state index < -0.39 is 16.9 Å². The summed E-state index contributed by atoms with van der Waals surface area (Å²) in [7, 11) is 0. The number of hydrogen-bond donors (Lipinski definition) is 1. The second kappa shape index (κ2) is 6.73. The molecule has 1 N–H and O–H groups in total. The lowest BCUT2D eigenvalue weighted by Gasteiger charge is -2.11. The Morgan fingerprint density at radius 3 is 2.78 bits per heavy atom. The van der Waals surface area contributed by atoms with Gasteiger partial charge in [0, 0.05) is 0 Å². The Labute approximate surface area is 105 Å². The van der Waals surface area contributed by atoms with E-state index >= 15 is 0 Å². The summed E-state index contributed by atoms with van der Waals surface area (Å²) in [6, 6.07) is -0.775. The number of rotatable bonds is 8. The molecule has 0 saturated heterocycles. The van der Waals surface area contributed by atoms with Crippen LogP contribution < -0.4 is 0 Å². The zero-order valence-corrected chi connectivity index (χ0v) is 10.3. The molecule has 18 heavy (non-hydrogen) atoms. The molecule has 0 aliphatic rings. The number of carboxylic acids is 1. The van der Waals surface area contributed by atoms with Crippen LogP contribution in [0.15, 0.2) is 12.5 Å². The molecule has 0 saturated carbocycles. The lowest BCUT2D eigenvalue weighted by atomic mass is 10.1. The lowest BCUT2D eigenvalue weighted by molar-refractivity contribution is -0.389. The third-order valence-electron chi connectivity index (χ3n) is 2.75. The molecule has 0 aliphatic heterocycles. The molecule has 0 aromatic carbocycles. The molecule has 0 fully saturated rings. The minimum atomic E-state index is -0.987. The van der Waals surface area contributed by atoms with Gasteiger partial charge in [0.15, 0.2) is 0 Å². The van der Waals surface area contributed by atoms with Gasteiger partial charge in [0.2, 0.25) is 6.33 Å². The van der Waals surface area contributed by atoms with Crippen molar-refractivity contribution < 1.29 is 14.8 Å². The highest BCUT2D eigenvalue weighted by molar-refractivity contribution is 5.71. The average Bonchev–Trinajstić information content (AvgIpc) is 2.77. The lowest BCUT2D eigenvalue weighted by Crippen LogP contribution is -2.17. The van der Waals surface area contributed by atoms with E-state index in [9.17, 15) is 14.9 Å². The smallest absolute Gasteiger partial charge is 0.381 e. The van der Waals surface area contributed by atoms with E-state index in [1.165, 1.54) is 17.1 Å². The normalized spacial score (nSPS) is 12.3. The molecule has 0 spiro atoms. The second-order valence-corrected chi connectivity index (χ2v) is 4.14. The minimum Gasteiger partial charge on any atom is -0.480 e. The molecule has 0 bridgehead atoms. The number of nitrogens with zero attached hydrogens (tertiary/aromatic N) is 3. The zero-order chi connectivity index (χ0) is 13.5. The summed E-state index contributed by atoms with van der Waals surface area (Å²) in [5.41, 5.74) is 0. The first-order valence-electron chi connectivity index (χ1n) is 5.97. The van der Waals surface area contributed by atoms with E-state index in [1.54, 1.807) is 0 Å². The van der Waals surface area contributed by atoms with Gasteiger partial charge in [-0.1, -0.05) is 32.6 Å². The number of unbranched alkanes of at least 4 members (excludes halogenated alkanes) is 3. The van der Waals surface area contributed by atoms with Crippen LogP contribution >= 0.6 is 0 Å². The van der Waals surface area contributed by atoms with Crippen molar-refractivity contribution in [3.8, 4) is 0 Å². The van der Waals surface area contributed by atoms with E-state index in [4.69, 9.17) is 5.11 Å². The number of hydrogen-bond acceptors (Lipinski definition) is 4. The van der Waals surface area contributed by atoms with Crippen molar-refractivity contribution in [2.24, 2.45) is 0 Å². The fraction of sp³-hybridized carbons (Fsp3) is 0.636. The molecule has 7 heteroatoms. The predicted molar refractivity (Wildman–Crippen MR) is 64.3 cm³/mol. The number of aromatic nitrogens is 2. The highest BCUT2D eigenvalue weighted by Gasteiger charge is 2.22. The van der Waals surface area contributed by atoms with Crippen LogP contribution in [0.25, 0.3) is 0 Å². The minimum absolute atomic E-state index is 0.324. The number of imidazole rings is 1. The predicted octanol–water partition coefficient (Wildman–Crippen LogP) is 2.39. The molecule has 7 nitrogen and oxygen atoms in total. The van der Waals surface area contributed by atoms with Gasteiger partial charge in [-0.15, -0.1) is 0 Å². The fourth-order valence-electron chi connectivity index (χ4n) is 1.76. The largest absolute Gasteiger partial charge is 0.480 e. The van der Waals surface area contributed by atoms with Crippen molar-refractivity contribution in [3.63, 3.8) is 0 Å². The quantitative estimate of drug-likeness (QED) is 0.437. The van der Waals surface area contributed by atoms with Crippen LogP contribution in [0.1, 0.15) is 45.1 Å². The van der Waals surface area contributed by atoms with Crippen molar-refractivity contribution in [1.29, 1.82) is 0 Å². The number of carbonyl (C=O) groups is 1. The summed E-state index contributed by atoms with van der Waals surface area (Å²) >= 11 is 0. The third kappa shape index (κ3) is 3.83. The van der Waals surface area contributed by atoms with Gasteiger partial charge in [-0.2, -0.15) is 0 Å². The van der Waals surface area contributed by atoms with Crippen LogP contribution in [0, 0.1) is 10.1 Å². The van der Waals surface area contributed by atoms with Gasteiger partial charge < -0.3 is 15.2 Å². The Bertz CT molecular complexity index is 416. The first-order valence-corrected chi connectivity index (χ1v) is 5.97. The van der Waals surface area contributed by atoms with Crippen LogP contribution in [-0.4, -0.2) is 25.6 Å². The second-order valence-electron chi connectivity index (χ2n) is 4.14.